The molecule has 62 valence electrons. The number of hydrogen-bond acceptors (Lipinski definition) is 1. The highest BCUT2D eigenvalue weighted by atomic mass is 14.9. The summed E-state index contributed by atoms with van der Waals surface area (Å²) < 4.78 is 0. The Bertz CT molecular complexity index is 358. The Morgan fingerprint density at radius 1 is 1.25 bits per heavy atom. The smallest absolute Gasteiger partial charge is 0.104 e. The number of H-pyrrole nitrogens is 1. The Morgan fingerprint density at radius 2 is 1.92 bits per heavy atom. The standard InChI is InChI=1S/C10H12N2/c1-4-6-9-10(7-5-2)12-8(3)11-9/h4-7H,1-2H2,3H3,(H,11,12)/b9-6+,10-7+. The maximum Gasteiger partial charge on any atom is 0.104 e. The van der Waals surface area contributed by atoms with Crippen LogP contribution in [0.25, 0.3) is 12.2 Å². The van der Waals surface area contributed by atoms with Crippen LogP contribution in [0.3, 0.4) is 0 Å². The largest absolute Gasteiger partial charge is 0.342 e. The summed E-state index contributed by atoms with van der Waals surface area (Å²) >= 11 is 0. The van der Waals surface area contributed by atoms with E-state index in [-0.39, 0.29) is 0 Å². The van der Waals surface area contributed by atoms with Crippen LogP contribution in [0.15, 0.2) is 25.3 Å². The first-order chi connectivity index (χ1) is 5.77. The fourth-order valence-electron chi connectivity index (χ4n) is 1.01. The molecule has 1 aromatic rings. The summed E-state index contributed by atoms with van der Waals surface area (Å²) in [6, 6.07) is 0. The number of nitrogens with zero attached hydrogens (tertiary/aromatic N) is 1. The zero-order valence-electron chi connectivity index (χ0n) is 7.17. The van der Waals surface area contributed by atoms with Crippen molar-refractivity contribution in [2.24, 2.45) is 0 Å². The highest BCUT2D eigenvalue weighted by Crippen LogP contribution is 1.73. The Hall–Kier alpha value is -1.57. The maximum atomic E-state index is 4.26. The summed E-state index contributed by atoms with van der Waals surface area (Å²) in [6.45, 7) is 9.16. The normalized spacial score (nSPS) is 13.4. The van der Waals surface area contributed by atoms with Crippen molar-refractivity contribution >= 4 is 12.2 Å². The third-order valence-corrected chi connectivity index (χ3v) is 1.44. The fourth-order valence-corrected chi connectivity index (χ4v) is 1.01. The molecule has 1 rings (SSSR count). The van der Waals surface area contributed by atoms with Crippen molar-refractivity contribution in [3.8, 4) is 0 Å². The lowest BCUT2D eigenvalue weighted by atomic mass is 10.4. The van der Waals surface area contributed by atoms with E-state index in [1.165, 1.54) is 0 Å². The fraction of sp³-hybridized carbons (Fsp3) is 0.100. The minimum atomic E-state index is 0.899. The van der Waals surface area contributed by atoms with E-state index in [4.69, 9.17) is 0 Å². The van der Waals surface area contributed by atoms with Gasteiger partial charge in [-0.3, -0.25) is 0 Å². The predicted octanol–water partition coefficient (Wildman–Crippen LogP) is 0.651. The van der Waals surface area contributed by atoms with E-state index < -0.39 is 0 Å². The molecule has 0 bridgehead atoms. The molecule has 0 atom stereocenters. The summed E-state index contributed by atoms with van der Waals surface area (Å²) in [5, 5.41) is 1.88. The third-order valence-electron chi connectivity index (χ3n) is 1.44. The molecule has 0 unspecified atom stereocenters. The zero-order valence-corrected chi connectivity index (χ0v) is 7.17. The highest BCUT2D eigenvalue weighted by molar-refractivity contribution is 5.38. The molecule has 0 aromatic carbocycles. The van der Waals surface area contributed by atoms with Crippen molar-refractivity contribution in [2.45, 2.75) is 6.92 Å². The van der Waals surface area contributed by atoms with Gasteiger partial charge in [0.05, 0.1) is 10.7 Å². The van der Waals surface area contributed by atoms with Gasteiger partial charge in [-0.25, -0.2) is 4.98 Å². The molecule has 0 spiro atoms. The number of hydrogen-bond donors (Lipinski definition) is 1. The van der Waals surface area contributed by atoms with Gasteiger partial charge in [-0.2, -0.15) is 0 Å². The molecule has 0 radical (unpaired) electrons. The third kappa shape index (κ3) is 1.72. The lowest BCUT2D eigenvalue weighted by Gasteiger charge is -1.73. The number of nitrogens with one attached hydrogen (secondary N) is 1. The van der Waals surface area contributed by atoms with E-state index in [0.717, 1.165) is 16.5 Å². The first-order valence-corrected chi connectivity index (χ1v) is 3.76. The molecule has 0 fully saturated rings. The lowest BCUT2D eigenvalue weighted by molar-refractivity contribution is 1.13. The van der Waals surface area contributed by atoms with Crippen molar-refractivity contribution in [3.63, 3.8) is 0 Å². The van der Waals surface area contributed by atoms with Crippen molar-refractivity contribution < 1.29 is 0 Å². The van der Waals surface area contributed by atoms with E-state index in [1.807, 2.05) is 19.1 Å². The van der Waals surface area contributed by atoms with Gasteiger partial charge in [0, 0.05) is 0 Å². The Balaban J connectivity index is 3.46. The van der Waals surface area contributed by atoms with Crippen LogP contribution in [0.1, 0.15) is 5.82 Å². The second-order valence-corrected chi connectivity index (χ2v) is 2.43. The van der Waals surface area contributed by atoms with Crippen LogP contribution in [0.5, 0.6) is 0 Å². The number of rotatable bonds is 2. The first-order valence-electron chi connectivity index (χ1n) is 3.76. The van der Waals surface area contributed by atoms with E-state index in [9.17, 15) is 0 Å². The van der Waals surface area contributed by atoms with Crippen molar-refractivity contribution in [1.29, 1.82) is 0 Å². The highest BCUT2D eigenvalue weighted by Gasteiger charge is 1.89. The van der Waals surface area contributed by atoms with E-state index in [2.05, 4.69) is 23.1 Å². The number of aromatic amines is 1. The van der Waals surface area contributed by atoms with Crippen molar-refractivity contribution in [3.05, 3.63) is 41.8 Å². The molecule has 2 nitrogen and oxygen atoms in total. The van der Waals surface area contributed by atoms with Gasteiger partial charge in [0.25, 0.3) is 0 Å². The molecule has 1 heterocycles. The quantitative estimate of drug-likeness (QED) is 0.676. The Labute approximate surface area is 71.7 Å². The molecule has 2 heteroatoms. The first kappa shape index (κ1) is 8.53. The average Bonchev–Trinajstić information content (AvgIpc) is 2.33. The molecule has 0 saturated carbocycles. The molecule has 1 aromatic heterocycles. The SMILES string of the molecule is C=C/C=c1/nc(C)[nH]/c1=C/C=C. The number of allylic oxidation sites excluding steroid dienone is 2. The second-order valence-electron chi connectivity index (χ2n) is 2.43. The number of aromatic nitrogens is 2. The van der Waals surface area contributed by atoms with Crippen molar-refractivity contribution in [1.82, 2.24) is 9.97 Å². The van der Waals surface area contributed by atoms with Gasteiger partial charge in [-0.05, 0) is 19.1 Å². The van der Waals surface area contributed by atoms with E-state index >= 15 is 0 Å². The molecule has 12 heavy (non-hydrogen) atoms. The molecule has 0 aliphatic heterocycles. The van der Waals surface area contributed by atoms with Crippen LogP contribution in [0.4, 0.5) is 0 Å². The molecule has 0 amide bonds. The van der Waals surface area contributed by atoms with Crippen LogP contribution < -0.4 is 10.7 Å². The van der Waals surface area contributed by atoms with Crippen LogP contribution in [-0.2, 0) is 0 Å². The average molecular weight is 160 g/mol. The topological polar surface area (TPSA) is 28.7 Å². The number of imidazole rings is 1. The second kappa shape index (κ2) is 3.72. The van der Waals surface area contributed by atoms with Crippen LogP contribution >= 0.6 is 0 Å². The summed E-state index contributed by atoms with van der Waals surface area (Å²) in [7, 11) is 0. The molecular weight excluding hydrogens is 148 g/mol. The minimum absolute atomic E-state index is 0.899. The van der Waals surface area contributed by atoms with E-state index in [0.29, 0.717) is 0 Å². The van der Waals surface area contributed by atoms with Gasteiger partial charge < -0.3 is 4.98 Å². The molecule has 0 aliphatic carbocycles. The van der Waals surface area contributed by atoms with Gasteiger partial charge in [0.1, 0.15) is 5.82 Å². The maximum absolute atomic E-state index is 4.26. The summed E-state index contributed by atoms with van der Waals surface area (Å²) in [5.41, 5.74) is 0. The van der Waals surface area contributed by atoms with Gasteiger partial charge >= 0.3 is 0 Å². The Kier molecular flexibility index (Phi) is 2.64. The summed E-state index contributed by atoms with van der Waals surface area (Å²) in [4.78, 5) is 7.37. The predicted molar refractivity (Wildman–Crippen MR) is 51.9 cm³/mol. The van der Waals surface area contributed by atoms with Gasteiger partial charge in [0.2, 0.25) is 0 Å². The van der Waals surface area contributed by atoms with Crippen LogP contribution in [0, 0.1) is 6.92 Å². The zero-order chi connectivity index (χ0) is 8.97. The molecule has 0 aliphatic rings. The minimum Gasteiger partial charge on any atom is -0.342 e. The number of aryl methyl sites for hydroxylation is 1. The molecule has 1 N–H and O–H groups in total. The lowest BCUT2D eigenvalue weighted by Crippen LogP contribution is -2.23. The van der Waals surface area contributed by atoms with E-state index in [1.54, 1.807) is 12.2 Å². The van der Waals surface area contributed by atoms with Gasteiger partial charge in [-0.1, -0.05) is 25.3 Å². The van der Waals surface area contributed by atoms with Gasteiger partial charge in [-0.15, -0.1) is 0 Å². The van der Waals surface area contributed by atoms with Gasteiger partial charge in [0.15, 0.2) is 0 Å². The summed E-state index contributed by atoms with van der Waals surface area (Å²) in [6.07, 6.45) is 7.19. The molecule has 0 saturated heterocycles. The molecular formula is C10H12N2. The Morgan fingerprint density at radius 3 is 2.50 bits per heavy atom. The summed E-state index contributed by atoms with van der Waals surface area (Å²) in [5.74, 6) is 0.899. The monoisotopic (exact) mass is 160 g/mol. The van der Waals surface area contributed by atoms with Crippen LogP contribution in [-0.4, -0.2) is 9.97 Å². The van der Waals surface area contributed by atoms with Crippen molar-refractivity contribution in [2.75, 3.05) is 0 Å². The van der Waals surface area contributed by atoms with Crippen LogP contribution in [0.2, 0.25) is 0 Å².